The molecule has 0 saturated heterocycles. The number of anilines is 2. The van der Waals surface area contributed by atoms with Crippen LogP contribution < -0.4 is 4.90 Å². The average molecular weight is 627 g/mol. The predicted octanol–water partition coefficient (Wildman–Crippen LogP) is 12.2. The third-order valence-corrected chi connectivity index (χ3v) is 10.7. The molecule has 2 unspecified atom stereocenters. The summed E-state index contributed by atoms with van der Waals surface area (Å²) in [7, 11) is 0. The molecule has 0 spiro atoms. The van der Waals surface area contributed by atoms with Gasteiger partial charge in [-0.2, -0.15) is 0 Å². The van der Waals surface area contributed by atoms with Gasteiger partial charge in [-0.25, -0.2) is 0 Å². The minimum atomic E-state index is 0.124. The van der Waals surface area contributed by atoms with Gasteiger partial charge < -0.3 is 13.9 Å². The average Bonchev–Trinajstić information content (AvgIpc) is 3.84. The second-order valence-electron chi connectivity index (χ2n) is 13.2. The Morgan fingerprint density at radius 2 is 1.20 bits per heavy atom. The van der Waals surface area contributed by atoms with E-state index in [1.165, 1.54) is 66.0 Å². The molecule has 0 bridgehead atoms. The lowest BCUT2D eigenvalue weighted by atomic mass is 9.87. The highest BCUT2D eigenvalue weighted by Crippen LogP contribution is 2.57. The Morgan fingerprint density at radius 3 is 2.08 bits per heavy atom. The number of benzene rings is 7. The summed E-state index contributed by atoms with van der Waals surface area (Å²) in [5, 5.41) is 7.36. The van der Waals surface area contributed by atoms with E-state index in [1.54, 1.807) is 0 Å². The monoisotopic (exact) mass is 626 g/mol. The van der Waals surface area contributed by atoms with Crippen molar-refractivity contribution < 1.29 is 4.42 Å². The van der Waals surface area contributed by atoms with E-state index >= 15 is 0 Å². The van der Waals surface area contributed by atoms with Crippen molar-refractivity contribution >= 4 is 65.9 Å². The van der Waals surface area contributed by atoms with Crippen molar-refractivity contribution in [2.75, 3.05) is 4.90 Å². The molecular weight excluding hydrogens is 597 g/mol. The van der Waals surface area contributed by atoms with Crippen LogP contribution in [-0.4, -0.2) is 10.6 Å². The number of fused-ring (bicyclic) bond motifs is 14. The number of furan rings is 1. The quantitative estimate of drug-likeness (QED) is 0.195. The number of hydrogen-bond donors (Lipinski definition) is 0. The molecule has 0 N–H and O–H groups in total. The molecule has 3 nitrogen and oxygen atoms in total. The smallest absolute Gasteiger partial charge is 0.136 e. The fourth-order valence-electron chi connectivity index (χ4n) is 8.72. The molecule has 11 rings (SSSR count). The van der Waals surface area contributed by atoms with Gasteiger partial charge in [0.25, 0.3) is 0 Å². The topological polar surface area (TPSA) is 21.3 Å². The van der Waals surface area contributed by atoms with Crippen LogP contribution in [0.3, 0.4) is 0 Å². The van der Waals surface area contributed by atoms with Crippen molar-refractivity contribution in [3.63, 3.8) is 0 Å². The summed E-state index contributed by atoms with van der Waals surface area (Å²) in [6.07, 6.45) is 9.25. The van der Waals surface area contributed by atoms with Gasteiger partial charge in [-0.3, -0.25) is 0 Å². The fraction of sp³-hybridized carbons (Fsp3) is 0.0435. The number of nitrogens with zero attached hydrogens (tertiary/aromatic N) is 2. The summed E-state index contributed by atoms with van der Waals surface area (Å²) in [5.74, 6) is 0.163. The minimum Gasteiger partial charge on any atom is -0.456 e. The Kier molecular flexibility index (Phi) is 5.50. The Bertz CT molecular complexity index is 2840. The highest BCUT2D eigenvalue weighted by Gasteiger charge is 2.42. The maximum Gasteiger partial charge on any atom is 0.136 e. The Hall–Kier alpha value is -6.32. The molecule has 2 aliphatic rings. The van der Waals surface area contributed by atoms with Crippen molar-refractivity contribution in [1.82, 2.24) is 4.57 Å². The van der Waals surface area contributed by atoms with E-state index in [4.69, 9.17) is 4.42 Å². The summed E-state index contributed by atoms with van der Waals surface area (Å²) in [6.45, 7) is 0. The van der Waals surface area contributed by atoms with Crippen LogP contribution in [0.15, 0.2) is 174 Å². The van der Waals surface area contributed by atoms with Gasteiger partial charge >= 0.3 is 0 Å². The minimum absolute atomic E-state index is 0.124. The molecule has 2 atom stereocenters. The van der Waals surface area contributed by atoms with E-state index in [9.17, 15) is 0 Å². The molecule has 0 saturated carbocycles. The van der Waals surface area contributed by atoms with E-state index in [2.05, 4.69) is 179 Å². The number of rotatable bonds is 3. The van der Waals surface area contributed by atoms with Crippen LogP contribution in [0, 0.1) is 0 Å². The molecule has 2 aromatic heterocycles. The summed E-state index contributed by atoms with van der Waals surface area (Å²) in [6, 6.07) is 52.7. The van der Waals surface area contributed by atoms with Gasteiger partial charge in [-0.15, -0.1) is 0 Å². The molecule has 7 aromatic carbocycles. The standard InChI is InChI=1S/C46H30N2O/c1-3-14-29(15-4-1)30-16-13-19-32(28-30)48-38-24-11-8-21-34(38)44-45(48)36-26-27-40-41(35-22-9-12-25-39(35)49-40)42(36)43-33-20-7-10-23-37(33)47(46(43)44)31-17-5-2-6-18-31/h1-28,34,38H. The van der Waals surface area contributed by atoms with Crippen molar-refractivity contribution in [3.05, 3.63) is 175 Å². The molecule has 230 valence electrons. The molecule has 9 aromatic rings. The Labute approximate surface area is 283 Å². The van der Waals surface area contributed by atoms with Crippen LogP contribution in [0.1, 0.15) is 11.5 Å². The van der Waals surface area contributed by atoms with Crippen LogP contribution in [-0.2, 0) is 0 Å². The molecule has 1 aliphatic carbocycles. The zero-order chi connectivity index (χ0) is 32.1. The first-order chi connectivity index (χ1) is 24.3. The largest absolute Gasteiger partial charge is 0.456 e. The van der Waals surface area contributed by atoms with E-state index in [-0.39, 0.29) is 12.0 Å². The predicted molar refractivity (Wildman–Crippen MR) is 204 cm³/mol. The number of hydrogen-bond acceptors (Lipinski definition) is 2. The first-order valence-electron chi connectivity index (χ1n) is 17.0. The molecule has 0 amide bonds. The molecule has 0 fully saturated rings. The van der Waals surface area contributed by atoms with Gasteiger partial charge in [-0.1, -0.05) is 121 Å². The van der Waals surface area contributed by atoms with Gasteiger partial charge in [0, 0.05) is 55.2 Å². The summed E-state index contributed by atoms with van der Waals surface area (Å²) in [5.41, 5.74) is 11.7. The summed E-state index contributed by atoms with van der Waals surface area (Å²) < 4.78 is 9.07. The van der Waals surface area contributed by atoms with Gasteiger partial charge in [-0.05, 0) is 59.7 Å². The highest BCUT2D eigenvalue weighted by atomic mass is 16.3. The lowest BCUT2D eigenvalue weighted by molar-refractivity contribution is 0.669. The first-order valence-corrected chi connectivity index (χ1v) is 17.0. The van der Waals surface area contributed by atoms with E-state index in [1.807, 2.05) is 0 Å². The van der Waals surface area contributed by atoms with Crippen LogP contribution in [0.4, 0.5) is 11.4 Å². The third kappa shape index (κ3) is 3.67. The lowest BCUT2D eigenvalue weighted by Crippen LogP contribution is -2.28. The van der Waals surface area contributed by atoms with Crippen molar-refractivity contribution in [2.24, 2.45) is 0 Å². The van der Waals surface area contributed by atoms with Crippen LogP contribution in [0.2, 0.25) is 0 Å². The van der Waals surface area contributed by atoms with Crippen LogP contribution in [0.5, 0.6) is 0 Å². The van der Waals surface area contributed by atoms with E-state index < -0.39 is 0 Å². The van der Waals surface area contributed by atoms with Crippen LogP contribution >= 0.6 is 0 Å². The highest BCUT2D eigenvalue weighted by molar-refractivity contribution is 6.35. The fourth-order valence-corrected chi connectivity index (χ4v) is 8.72. The van der Waals surface area contributed by atoms with Crippen molar-refractivity contribution in [3.8, 4) is 16.8 Å². The maximum absolute atomic E-state index is 6.56. The Morgan fingerprint density at radius 1 is 0.490 bits per heavy atom. The van der Waals surface area contributed by atoms with E-state index in [0.717, 1.165) is 22.2 Å². The van der Waals surface area contributed by atoms with Gasteiger partial charge in [0.2, 0.25) is 0 Å². The second-order valence-corrected chi connectivity index (χ2v) is 13.2. The van der Waals surface area contributed by atoms with Crippen molar-refractivity contribution in [2.45, 2.75) is 12.0 Å². The molecule has 0 radical (unpaired) electrons. The zero-order valence-corrected chi connectivity index (χ0v) is 26.6. The Balaban J connectivity index is 1.37. The molecule has 1 aliphatic heterocycles. The summed E-state index contributed by atoms with van der Waals surface area (Å²) in [4.78, 5) is 2.61. The maximum atomic E-state index is 6.56. The van der Waals surface area contributed by atoms with Crippen molar-refractivity contribution in [1.29, 1.82) is 0 Å². The third-order valence-electron chi connectivity index (χ3n) is 10.7. The molecular formula is C46H30N2O. The van der Waals surface area contributed by atoms with E-state index in [0.29, 0.717) is 0 Å². The molecule has 3 heteroatoms. The lowest BCUT2D eigenvalue weighted by Gasteiger charge is -2.29. The van der Waals surface area contributed by atoms with Gasteiger partial charge in [0.1, 0.15) is 11.2 Å². The number of aromatic nitrogens is 1. The number of allylic oxidation sites excluding steroid dienone is 2. The molecule has 3 heterocycles. The van der Waals surface area contributed by atoms with Gasteiger partial charge in [0.05, 0.1) is 22.8 Å². The SMILES string of the molecule is C1=CC2c3c(c4ccc5oc6ccccc6c5c4c4c5ccccc5n(-c5ccccc5)c34)N(c3cccc(-c4ccccc4)c3)C2C=C1. The van der Waals surface area contributed by atoms with Crippen LogP contribution in [0.25, 0.3) is 71.3 Å². The van der Waals surface area contributed by atoms with Gasteiger partial charge in [0.15, 0.2) is 0 Å². The zero-order valence-electron chi connectivity index (χ0n) is 26.6. The second kappa shape index (κ2) is 10.1. The first kappa shape index (κ1) is 26.7. The summed E-state index contributed by atoms with van der Waals surface area (Å²) >= 11 is 0. The number of para-hydroxylation sites is 3. The normalized spacial score (nSPS) is 16.8. The molecule has 49 heavy (non-hydrogen) atoms.